The fourth-order valence-corrected chi connectivity index (χ4v) is 4.93. The summed E-state index contributed by atoms with van der Waals surface area (Å²) in [6.07, 6.45) is 10.4. The predicted octanol–water partition coefficient (Wildman–Crippen LogP) is 7.29. The molecule has 31 heavy (non-hydrogen) atoms. The van der Waals surface area contributed by atoms with Gasteiger partial charge in [0.2, 0.25) is 0 Å². The quantitative estimate of drug-likeness (QED) is 0.403. The van der Waals surface area contributed by atoms with Crippen molar-refractivity contribution in [3.63, 3.8) is 0 Å². The van der Waals surface area contributed by atoms with Crippen LogP contribution in [-0.2, 0) is 4.74 Å². The van der Waals surface area contributed by atoms with E-state index in [-0.39, 0.29) is 5.75 Å². The van der Waals surface area contributed by atoms with E-state index in [9.17, 15) is 13.2 Å². The van der Waals surface area contributed by atoms with E-state index in [0.717, 1.165) is 50.2 Å². The van der Waals surface area contributed by atoms with E-state index < -0.39 is 6.36 Å². The van der Waals surface area contributed by atoms with Gasteiger partial charge in [0.15, 0.2) is 0 Å². The standard InChI is InChI=1S/C25H32F3NO2/c26-25(27,28)31-24-15-11-22(12-16-24)21-9-13-23(14-10-21)30-18-20-7-5-19(6-8-20)4-2-1-3-17-29/h1,3,11-12,15-16,19-21,23H,2,4-10,13-14,18H2/b3-1+. The molecular weight excluding hydrogens is 403 g/mol. The molecule has 0 bridgehead atoms. The van der Waals surface area contributed by atoms with Gasteiger partial charge in [0, 0.05) is 12.7 Å². The van der Waals surface area contributed by atoms with Gasteiger partial charge in [-0.2, -0.15) is 5.26 Å². The highest BCUT2D eigenvalue weighted by molar-refractivity contribution is 5.29. The summed E-state index contributed by atoms with van der Waals surface area (Å²) in [5, 5.41) is 8.53. The Hall–Kier alpha value is -2.00. The Morgan fingerprint density at radius 2 is 1.58 bits per heavy atom. The van der Waals surface area contributed by atoms with Gasteiger partial charge in [-0.05, 0) is 86.8 Å². The number of nitriles is 1. The molecule has 2 fully saturated rings. The van der Waals surface area contributed by atoms with Crippen LogP contribution in [0.4, 0.5) is 13.2 Å². The van der Waals surface area contributed by atoms with Crippen LogP contribution in [0.15, 0.2) is 36.4 Å². The lowest BCUT2D eigenvalue weighted by atomic mass is 9.80. The van der Waals surface area contributed by atoms with E-state index in [1.807, 2.05) is 12.1 Å². The maximum Gasteiger partial charge on any atom is 0.573 e. The molecule has 170 valence electrons. The van der Waals surface area contributed by atoms with Crippen LogP contribution in [0.2, 0.25) is 0 Å². The van der Waals surface area contributed by atoms with E-state index in [4.69, 9.17) is 10.00 Å². The zero-order valence-corrected chi connectivity index (χ0v) is 17.9. The summed E-state index contributed by atoms with van der Waals surface area (Å²) in [5.41, 5.74) is 1.08. The molecule has 2 aliphatic carbocycles. The SMILES string of the molecule is N#C/C=C/CCC1CCC(COC2CCC(c3ccc(OC(F)(F)F)cc3)CC2)CC1. The van der Waals surface area contributed by atoms with Crippen molar-refractivity contribution in [3.8, 4) is 11.8 Å². The van der Waals surface area contributed by atoms with Crippen LogP contribution >= 0.6 is 0 Å². The fraction of sp³-hybridized carbons (Fsp3) is 0.640. The Bertz CT molecular complexity index is 723. The lowest BCUT2D eigenvalue weighted by Crippen LogP contribution is -2.25. The van der Waals surface area contributed by atoms with Crippen LogP contribution in [0.5, 0.6) is 5.75 Å². The van der Waals surface area contributed by atoms with Crippen LogP contribution in [-0.4, -0.2) is 19.1 Å². The summed E-state index contributed by atoms with van der Waals surface area (Å²) in [6, 6.07) is 8.35. The first-order valence-electron chi connectivity index (χ1n) is 11.4. The highest BCUT2D eigenvalue weighted by Gasteiger charge is 2.31. The molecular formula is C25H32F3NO2. The maximum atomic E-state index is 12.3. The van der Waals surface area contributed by atoms with Crippen molar-refractivity contribution in [1.29, 1.82) is 5.26 Å². The van der Waals surface area contributed by atoms with Crippen molar-refractivity contribution >= 4 is 0 Å². The molecule has 2 saturated carbocycles. The molecule has 1 aromatic carbocycles. The Morgan fingerprint density at radius 3 is 2.19 bits per heavy atom. The smallest absolute Gasteiger partial charge is 0.406 e. The number of hydrogen-bond acceptors (Lipinski definition) is 3. The Balaban J connectivity index is 1.32. The van der Waals surface area contributed by atoms with Crippen LogP contribution in [0, 0.1) is 23.2 Å². The molecule has 1 aromatic rings. The van der Waals surface area contributed by atoms with E-state index in [0.29, 0.717) is 17.9 Å². The lowest BCUT2D eigenvalue weighted by Gasteiger charge is -2.32. The van der Waals surface area contributed by atoms with Gasteiger partial charge in [0.25, 0.3) is 0 Å². The topological polar surface area (TPSA) is 42.2 Å². The number of rotatable bonds is 8. The van der Waals surface area contributed by atoms with E-state index in [1.54, 1.807) is 18.2 Å². The number of nitrogens with zero attached hydrogens (tertiary/aromatic N) is 1. The van der Waals surface area contributed by atoms with Crippen molar-refractivity contribution in [2.24, 2.45) is 11.8 Å². The summed E-state index contributed by atoms with van der Waals surface area (Å²) < 4.78 is 47.1. The monoisotopic (exact) mass is 435 g/mol. The molecule has 0 aliphatic heterocycles. The first kappa shape index (κ1) is 23.7. The lowest BCUT2D eigenvalue weighted by molar-refractivity contribution is -0.274. The third-order valence-corrected chi connectivity index (χ3v) is 6.73. The van der Waals surface area contributed by atoms with Gasteiger partial charge in [-0.1, -0.05) is 31.1 Å². The third-order valence-electron chi connectivity index (χ3n) is 6.73. The number of ether oxygens (including phenoxy) is 2. The van der Waals surface area contributed by atoms with Crippen LogP contribution in [0.3, 0.4) is 0 Å². The number of allylic oxidation sites excluding steroid dienone is 2. The molecule has 0 saturated heterocycles. The minimum absolute atomic E-state index is 0.165. The molecule has 0 unspecified atom stereocenters. The van der Waals surface area contributed by atoms with Gasteiger partial charge in [-0.15, -0.1) is 13.2 Å². The second-order valence-electron chi connectivity index (χ2n) is 8.92. The minimum atomic E-state index is -4.65. The second-order valence-corrected chi connectivity index (χ2v) is 8.92. The van der Waals surface area contributed by atoms with Gasteiger partial charge < -0.3 is 9.47 Å². The molecule has 0 heterocycles. The van der Waals surface area contributed by atoms with Gasteiger partial charge in [-0.25, -0.2) is 0 Å². The van der Waals surface area contributed by atoms with Gasteiger partial charge >= 0.3 is 6.36 Å². The third kappa shape index (κ3) is 8.22. The van der Waals surface area contributed by atoms with Gasteiger partial charge in [0.05, 0.1) is 12.2 Å². The Morgan fingerprint density at radius 1 is 0.935 bits per heavy atom. The van der Waals surface area contributed by atoms with Crippen molar-refractivity contribution < 1.29 is 22.6 Å². The number of benzene rings is 1. The molecule has 3 nitrogen and oxygen atoms in total. The molecule has 3 rings (SSSR count). The molecule has 0 spiro atoms. The molecule has 0 aromatic heterocycles. The van der Waals surface area contributed by atoms with Crippen molar-refractivity contribution in [2.45, 2.75) is 82.6 Å². The second kappa shape index (κ2) is 11.6. The molecule has 0 radical (unpaired) electrons. The van der Waals surface area contributed by atoms with E-state index >= 15 is 0 Å². The van der Waals surface area contributed by atoms with E-state index in [1.165, 1.54) is 44.2 Å². The molecule has 2 aliphatic rings. The van der Waals surface area contributed by atoms with Crippen molar-refractivity contribution in [1.82, 2.24) is 0 Å². The molecule has 0 N–H and O–H groups in total. The fourth-order valence-electron chi connectivity index (χ4n) is 4.93. The van der Waals surface area contributed by atoms with E-state index in [2.05, 4.69) is 4.74 Å². The first-order chi connectivity index (χ1) is 14.9. The van der Waals surface area contributed by atoms with Crippen LogP contribution < -0.4 is 4.74 Å². The highest BCUT2D eigenvalue weighted by Crippen LogP contribution is 2.36. The summed E-state index contributed by atoms with van der Waals surface area (Å²) in [4.78, 5) is 0. The van der Waals surface area contributed by atoms with Crippen LogP contribution in [0.1, 0.15) is 75.7 Å². The maximum absolute atomic E-state index is 12.3. The molecule has 6 heteroatoms. The van der Waals surface area contributed by atoms with Crippen molar-refractivity contribution in [2.75, 3.05) is 6.61 Å². The number of alkyl halides is 3. The van der Waals surface area contributed by atoms with Crippen LogP contribution in [0.25, 0.3) is 0 Å². The molecule has 0 amide bonds. The average Bonchev–Trinajstić information content (AvgIpc) is 2.76. The van der Waals surface area contributed by atoms with Gasteiger partial charge in [-0.3, -0.25) is 0 Å². The minimum Gasteiger partial charge on any atom is -0.406 e. The summed E-state index contributed by atoms with van der Waals surface area (Å²) in [7, 11) is 0. The van der Waals surface area contributed by atoms with Crippen molar-refractivity contribution in [3.05, 3.63) is 42.0 Å². The Kier molecular flexibility index (Phi) is 8.83. The Labute approximate surface area is 183 Å². The van der Waals surface area contributed by atoms with Gasteiger partial charge in [0.1, 0.15) is 5.75 Å². The summed E-state index contributed by atoms with van der Waals surface area (Å²) in [6.45, 7) is 0.847. The predicted molar refractivity (Wildman–Crippen MR) is 114 cm³/mol. The zero-order valence-electron chi connectivity index (χ0n) is 17.9. The summed E-state index contributed by atoms with van der Waals surface area (Å²) in [5.74, 6) is 1.65. The first-order valence-corrected chi connectivity index (χ1v) is 11.4. The number of halogens is 3. The average molecular weight is 436 g/mol. The molecule has 0 atom stereocenters. The highest BCUT2D eigenvalue weighted by atomic mass is 19.4. The normalized spacial score (nSPS) is 27.2. The zero-order chi connectivity index (χ0) is 22.1. The summed E-state index contributed by atoms with van der Waals surface area (Å²) >= 11 is 0. The number of hydrogen-bond donors (Lipinski definition) is 0. The largest absolute Gasteiger partial charge is 0.573 e.